The highest BCUT2D eigenvalue weighted by molar-refractivity contribution is 5.03. The Kier molecular flexibility index (Phi) is 4.13. The molecule has 1 atom stereocenters. The molecule has 1 saturated carbocycles. The van der Waals surface area contributed by atoms with Crippen molar-refractivity contribution >= 4 is 0 Å². The number of nitrogens with one attached hydrogen (secondary N) is 1. The van der Waals surface area contributed by atoms with Crippen LogP contribution in [-0.4, -0.2) is 34.7 Å². The summed E-state index contributed by atoms with van der Waals surface area (Å²) in [7, 11) is 0. The Morgan fingerprint density at radius 2 is 2.20 bits per heavy atom. The molecule has 2 aliphatic rings. The zero-order valence-electron chi connectivity index (χ0n) is 12.8. The van der Waals surface area contributed by atoms with Gasteiger partial charge in [-0.15, -0.1) is 0 Å². The lowest BCUT2D eigenvalue weighted by Crippen LogP contribution is -2.65. The van der Waals surface area contributed by atoms with E-state index in [9.17, 15) is 0 Å². The van der Waals surface area contributed by atoms with Gasteiger partial charge in [-0.05, 0) is 18.8 Å². The van der Waals surface area contributed by atoms with Gasteiger partial charge < -0.3 is 9.84 Å². The van der Waals surface area contributed by atoms with E-state index in [1.54, 1.807) is 6.26 Å². The fraction of sp³-hybridized carbons (Fsp3) is 0.812. The molecule has 0 radical (unpaired) electrons. The lowest BCUT2D eigenvalue weighted by Gasteiger charge is -2.50. The fourth-order valence-corrected chi connectivity index (χ4v) is 3.93. The van der Waals surface area contributed by atoms with E-state index in [2.05, 4.69) is 29.2 Å². The van der Waals surface area contributed by atoms with Crippen LogP contribution < -0.4 is 5.32 Å². The number of nitrogens with zero attached hydrogens (tertiary/aromatic N) is 2. The summed E-state index contributed by atoms with van der Waals surface area (Å²) in [5.74, 6) is 0.662. The lowest BCUT2D eigenvalue weighted by molar-refractivity contribution is 0.0295. The largest absolute Gasteiger partial charge is 0.364 e. The zero-order chi connectivity index (χ0) is 14.0. The minimum atomic E-state index is 0.355. The minimum absolute atomic E-state index is 0.355. The van der Waals surface area contributed by atoms with Crippen molar-refractivity contribution in [2.75, 3.05) is 13.1 Å². The molecule has 4 nitrogen and oxygen atoms in total. The van der Waals surface area contributed by atoms with Gasteiger partial charge in [0, 0.05) is 37.3 Å². The van der Waals surface area contributed by atoms with Crippen LogP contribution >= 0.6 is 0 Å². The highest BCUT2D eigenvalue weighted by atomic mass is 16.5. The van der Waals surface area contributed by atoms with E-state index < -0.39 is 0 Å². The van der Waals surface area contributed by atoms with E-state index in [4.69, 9.17) is 4.52 Å². The molecule has 4 heteroatoms. The van der Waals surface area contributed by atoms with E-state index >= 15 is 0 Å². The average molecular weight is 277 g/mol. The highest BCUT2D eigenvalue weighted by Gasteiger charge is 2.40. The van der Waals surface area contributed by atoms with Gasteiger partial charge in [0.2, 0.25) is 0 Å². The second kappa shape index (κ2) is 5.86. The van der Waals surface area contributed by atoms with Gasteiger partial charge in [-0.1, -0.05) is 38.3 Å². The monoisotopic (exact) mass is 277 g/mol. The second-order valence-electron chi connectivity index (χ2n) is 6.93. The van der Waals surface area contributed by atoms with Crippen molar-refractivity contribution in [1.29, 1.82) is 0 Å². The minimum Gasteiger partial charge on any atom is -0.364 e. The van der Waals surface area contributed by atoms with Crippen molar-refractivity contribution in [2.24, 2.45) is 5.92 Å². The predicted octanol–water partition coefficient (Wildman–Crippen LogP) is 2.81. The summed E-state index contributed by atoms with van der Waals surface area (Å²) < 4.78 is 5.00. The average Bonchev–Trinajstić information content (AvgIpc) is 2.92. The Hall–Kier alpha value is -0.870. The summed E-state index contributed by atoms with van der Waals surface area (Å²) in [5.41, 5.74) is 1.41. The fourth-order valence-electron chi connectivity index (χ4n) is 3.93. The molecular weight excluding hydrogens is 250 g/mol. The maximum absolute atomic E-state index is 5.00. The first kappa shape index (κ1) is 14.1. The molecule has 20 heavy (non-hydrogen) atoms. The van der Waals surface area contributed by atoms with Crippen molar-refractivity contribution in [3.63, 3.8) is 0 Å². The topological polar surface area (TPSA) is 41.3 Å². The molecule has 0 aromatic carbocycles. The van der Waals surface area contributed by atoms with Crippen LogP contribution in [0.3, 0.4) is 0 Å². The summed E-state index contributed by atoms with van der Waals surface area (Å²) in [5, 5.41) is 7.99. The number of hydrogen-bond donors (Lipinski definition) is 1. The van der Waals surface area contributed by atoms with Crippen LogP contribution in [0, 0.1) is 5.92 Å². The molecule has 1 N–H and O–H groups in total. The van der Waals surface area contributed by atoms with Crippen molar-refractivity contribution in [3.8, 4) is 0 Å². The Bertz CT molecular complexity index is 409. The molecule has 3 rings (SSSR count). The van der Waals surface area contributed by atoms with Gasteiger partial charge in [0.25, 0.3) is 0 Å². The Labute approximate surface area is 121 Å². The molecule has 1 aliphatic heterocycles. The summed E-state index contributed by atoms with van der Waals surface area (Å²) in [6.07, 6.45) is 8.48. The lowest BCUT2D eigenvalue weighted by atomic mass is 9.78. The Morgan fingerprint density at radius 1 is 1.40 bits per heavy atom. The molecule has 1 unspecified atom stereocenters. The maximum Gasteiger partial charge on any atom is 0.124 e. The van der Waals surface area contributed by atoms with Gasteiger partial charge in [0.1, 0.15) is 6.26 Å². The number of piperazine rings is 1. The molecule has 112 valence electrons. The van der Waals surface area contributed by atoms with Crippen LogP contribution in [-0.2, 0) is 6.54 Å². The predicted molar refractivity (Wildman–Crippen MR) is 79.4 cm³/mol. The van der Waals surface area contributed by atoms with E-state index in [-0.39, 0.29) is 0 Å². The molecule has 1 aromatic rings. The molecule has 1 aromatic heterocycles. The van der Waals surface area contributed by atoms with Gasteiger partial charge >= 0.3 is 0 Å². The molecule has 2 heterocycles. The molecule has 0 amide bonds. The third kappa shape index (κ3) is 2.91. The van der Waals surface area contributed by atoms with E-state index in [0.717, 1.165) is 25.3 Å². The van der Waals surface area contributed by atoms with Crippen molar-refractivity contribution < 1.29 is 4.52 Å². The van der Waals surface area contributed by atoms with Crippen LogP contribution in [0.2, 0.25) is 0 Å². The van der Waals surface area contributed by atoms with Crippen LogP contribution in [0.15, 0.2) is 16.9 Å². The Balaban J connectivity index is 1.73. The van der Waals surface area contributed by atoms with Gasteiger partial charge in [-0.3, -0.25) is 4.90 Å². The second-order valence-corrected chi connectivity index (χ2v) is 6.93. The van der Waals surface area contributed by atoms with Crippen LogP contribution in [0.1, 0.15) is 51.6 Å². The van der Waals surface area contributed by atoms with Gasteiger partial charge in [0.15, 0.2) is 0 Å². The van der Waals surface area contributed by atoms with Crippen LogP contribution in [0.25, 0.3) is 0 Å². The van der Waals surface area contributed by atoms with E-state index in [1.165, 1.54) is 32.1 Å². The summed E-state index contributed by atoms with van der Waals surface area (Å²) in [6, 6.07) is 2.59. The zero-order valence-corrected chi connectivity index (χ0v) is 12.8. The van der Waals surface area contributed by atoms with Crippen molar-refractivity contribution in [2.45, 2.75) is 64.1 Å². The standard InChI is InChI=1S/C16H27N3O/c1-13(2)15-10-17-16(7-4-3-5-8-16)12-19(15)11-14-6-9-20-18-14/h6,9,13,15,17H,3-5,7-8,10-12H2,1-2H3. The molecular formula is C16H27N3O. The van der Waals surface area contributed by atoms with Gasteiger partial charge in [-0.25, -0.2) is 0 Å². The first-order valence-electron chi connectivity index (χ1n) is 8.07. The Morgan fingerprint density at radius 3 is 2.85 bits per heavy atom. The normalized spacial score (nSPS) is 27.2. The van der Waals surface area contributed by atoms with Crippen molar-refractivity contribution in [3.05, 3.63) is 18.0 Å². The quantitative estimate of drug-likeness (QED) is 0.922. The molecule has 1 spiro atoms. The summed E-state index contributed by atoms with van der Waals surface area (Å²) in [4.78, 5) is 2.63. The highest BCUT2D eigenvalue weighted by Crippen LogP contribution is 2.33. The summed E-state index contributed by atoms with van der Waals surface area (Å²) >= 11 is 0. The molecule has 1 aliphatic carbocycles. The molecule has 2 fully saturated rings. The van der Waals surface area contributed by atoms with Crippen LogP contribution in [0.5, 0.6) is 0 Å². The SMILES string of the molecule is CC(C)C1CNC2(CCCCC2)CN1Cc1ccon1. The maximum atomic E-state index is 5.00. The molecule has 0 bridgehead atoms. The summed E-state index contributed by atoms with van der Waals surface area (Å²) in [6.45, 7) is 7.82. The van der Waals surface area contributed by atoms with E-state index in [0.29, 0.717) is 17.5 Å². The molecule has 1 saturated heterocycles. The number of rotatable bonds is 3. The third-order valence-electron chi connectivity index (χ3n) is 5.10. The number of hydrogen-bond acceptors (Lipinski definition) is 4. The smallest absolute Gasteiger partial charge is 0.124 e. The third-order valence-corrected chi connectivity index (χ3v) is 5.10. The van der Waals surface area contributed by atoms with E-state index in [1.807, 2.05) is 6.07 Å². The first-order chi connectivity index (χ1) is 9.69. The van der Waals surface area contributed by atoms with Gasteiger partial charge in [-0.2, -0.15) is 0 Å². The van der Waals surface area contributed by atoms with Crippen molar-refractivity contribution in [1.82, 2.24) is 15.4 Å². The van der Waals surface area contributed by atoms with Crippen LogP contribution in [0.4, 0.5) is 0 Å². The first-order valence-corrected chi connectivity index (χ1v) is 8.07. The number of aromatic nitrogens is 1. The van der Waals surface area contributed by atoms with Gasteiger partial charge in [0.05, 0.1) is 5.69 Å².